The fourth-order valence-electron chi connectivity index (χ4n) is 2.36. The summed E-state index contributed by atoms with van der Waals surface area (Å²) in [5.74, 6) is 0.316. The molecule has 1 N–H and O–H groups in total. The molecular weight excluding hydrogens is 200 g/mol. The summed E-state index contributed by atoms with van der Waals surface area (Å²) in [5, 5.41) is 3.47. The van der Waals surface area contributed by atoms with Gasteiger partial charge in [0.25, 0.3) is 0 Å². The van der Waals surface area contributed by atoms with Gasteiger partial charge in [-0.15, -0.1) is 6.58 Å². The third kappa shape index (κ3) is 3.08. The van der Waals surface area contributed by atoms with Crippen molar-refractivity contribution < 1.29 is 4.79 Å². The SMILES string of the molecule is C=CCCC(=O)N(CC1CCCN1)C1CC1. The van der Waals surface area contributed by atoms with Crippen molar-refractivity contribution in [1.82, 2.24) is 10.2 Å². The van der Waals surface area contributed by atoms with E-state index in [4.69, 9.17) is 0 Å². The number of amides is 1. The summed E-state index contributed by atoms with van der Waals surface area (Å²) < 4.78 is 0. The van der Waals surface area contributed by atoms with Gasteiger partial charge in [0.05, 0.1) is 0 Å². The molecule has 0 radical (unpaired) electrons. The number of rotatable bonds is 6. The Balaban J connectivity index is 1.83. The van der Waals surface area contributed by atoms with E-state index in [1.165, 1.54) is 25.7 Å². The molecule has 1 aliphatic carbocycles. The maximum atomic E-state index is 12.0. The molecule has 2 aliphatic rings. The number of allylic oxidation sites excluding steroid dienone is 1. The van der Waals surface area contributed by atoms with E-state index in [1.807, 2.05) is 6.08 Å². The first kappa shape index (κ1) is 11.6. The minimum atomic E-state index is 0.316. The van der Waals surface area contributed by atoms with Crippen LogP contribution < -0.4 is 5.32 Å². The highest BCUT2D eigenvalue weighted by molar-refractivity contribution is 5.77. The van der Waals surface area contributed by atoms with Gasteiger partial charge >= 0.3 is 0 Å². The molecule has 0 aromatic heterocycles. The molecule has 1 saturated carbocycles. The molecule has 2 rings (SSSR count). The summed E-state index contributed by atoms with van der Waals surface area (Å²) in [4.78, 5) is 14.1. The van der Waals surface area contributed by atoms with Gasteiger partial charge in [0.2, 0.25) is 5.91 Å². The van der Waals surface area contributed by atoms with Gasteiger partial charge in [-0.05, 0) is 38.6 Å². The van der Waals surface area contributed by atoms with Crippen LogP contribution in [0.4, 0.5) is 0 Å². The van der Waals surface area contributed by atoms with Crippen LogP contribution in [0.5, 0.6) is 0 Å². The van der Waals surface area contributed by atoms with Crippen LogP contribution in [0, 0.1) is 0 Å². The van der Waals surface area contributed by atoms with E-state index in [2.05, 4.69) is 16.8 Å². The van der Waals surface area contributed by atoms with Gasteiger partial charge in [0, 0.05) is 25.0 Å². The second-order valence-corrected chi connectivity index (χ2v) is 4.90. The molecule has 0 spiro atoms. The predicted molar refractivity (Wildman–Crippen MR) is 65.2 cm³/mol. The standard InChI is InChI=1S/C13H22N2O/c1-2-3-6-13(16)15(12-7-8-12)10-11-5-4-9-14-11/h2,11-12,14H,1,3-10H2. The van der Waals surface area contributed by atoms with Crippen molar-refractivity contribution in [2.45, 2.75) is 50.6 Å². The van der Waals surface area contributed by atoms with E-state index in [0.717, 1.165) is 19.5 Å². The number of carbonyl (C=O) groups is 1. The largest absolute Gasteiger partial charge is 0.338 e. The first-order chi connectivity index (χ1) is 7.81. The summed E-state index contributed by atoms with van der Waals surface area (Å²) in [5.41, 5.74) is 0. The van der Waals surface area contributed by atoms with Crippen molar-refractivity contribution in [3.05, 3.63) is 12.7 Å². The summed E-state index contributed by atoms with van der Waals surface area (Å²) in [7, 11) is 0. The van der Waals surface area contributed by atoms with E-state index in [1.54, 1.807) is 0 Å². The van der Waals surface area contributed by atoms with Crippen LogP contribution in [-0.4, -0.2) is 36.0 Å². The normalized spacial score (nSPS) is 24.4. The molecule has 1 atom stereocenters. The fourth-order valence-corrected chi connectivity index (χ4v) is 2.36. The second kappa shape index (κ2) is 5.48. The topological polar surface area (TPSA) is 32.3 Å². The van der Waals surface area contributed by atoms with Crippen LogP contribution in [0.25, 0.3) is 0 Å². The van der Waals surface area contributed by atoms with Crippen LogP contribution >= 0.6 is 0 Å². The Morgan fingerprint density at radius 1 is 1.44 bits per heavy atom. The molecule has 90 valence electrons. The predicted octanol–water partition coefficient (Wildman–Crippen LogP) is 1.70. The Labute approximate surface area is 97.9 Å². The molecule has 2 fully saturated rings. The Hall–Kier alpha value is -0.830. The number of carbonyl (C=O) groups excluding carboxylic acids is 1. The second-order valence-electron chi connectivity index (χ2n) is 4.90. The van der Waals surface area contributed by atoms with Crippen molar-refractivity contribution in [2.75, 3.05) is 13.1 Å². The minimum absolute atomic E-state index is 0.316. The molecule has 1 heterocycles. The van der Waals surface area contributed by atoms with Crippen LogP contribution in [0.15, 0.2) is 12.7 Å². The fraction of sp³-hybridized carbons (Fsp3) is 0.769. The maximum Gasteiger partial charge on any atom is 0.223 e. The summed E-state index contributed by atoms with van der Waals surface area (Å²) >= 11 is 0. The zero-order chi connectivity index (χ0) is 11.4. The molecule has 3 heteroatoms. The molecule has 1 saturated heterocycles. The van der Waals surface area contributed by atoms with Gasteiger partial charge in [-0.2, -0.15) is 0 Å². The highest BCUT2D eigenvalue weighted by atomic mass is 16.2. The zero-order valence-electron chi connectivity index (χ0n) is 9.95. The quantitative estimate of drug-likeness (QED) is 0.694. The molecule has 3 nitrogen and oxygen atoms in total. The number of nitrogens with zero attached hydrogens (tertiary/aromatic N) is 1. The highest BCUT2D eigenvalue weighted by Gasteiger charge is 2.33. The van der Waals surface area contributed by atoms with E-state index < -0.39 is 0 Å². The molecular formula is C13H22N2O. The van der Waals surface area contributed by atoms with Crippen molar-refractivity contribution in [3.63, 3.8) is 0 Å². The molecule has 1 unspecified atom stereocenters. The van der Waals surface area contributed by atoms with Gasteiger partial charge in [-0.3, -0.25) is 4.79 Å². The lowest BCUT2D eigenvalue weighted by Crippen LogP contribution is -2.42. The number of nitrogens with one attached hydrogen (secondary N) is 1. The number of hydrogen-bond donors (Lipinski definition) is 1. The Bertz CT molecular complexity index is 255. The van der Waals surface area contributed by atoms with Crippen LogP contribution in [0.1, 0.15) is 38.5 Å². The van der Waals surface area contributed by atoms with E-state index in [0.29, 0.717) is 24.4 Å². The van der Waals surface area contributed by atoms with Crippen molar-refractivity contribution in [2.24, 2.45) is 0 Å². The van der Waals surface area contributed by atoms with Crippen LogP contribution in [-0.2, 0) is 4.79 Å². The summed E-state index contributed by atoms with van der Waals surface area (Å²) in [6.07, 6.45) is 8.14. The maximum absolute atomic E-state index is 12.0. The van der Waals surface area contributed by atoms with Gasteiger partial charge in [0.15, 0.2) is 0 Å². The van der Waals surface area contributed by atoms with Crippen molar-refractivity contribution in [1.29, 1.82) is 0 Å². The summed E-state index contributed by atoms with van der Waals surface area (Å²) in [6.45, 7) is 5.71. The zero-order valence-corrected chi connectivity index (χ0v) is 9.95. The average molecular weight is 222 g/mol. The van der Waals surface area contributed by atoms with Crippen molar-refractivity contribution >= 4 is 5.91 Å². The van der Waals surface area contributed by atoms with E-state index in [9.17, 15) is 4.79 Å². The van der Waals surface area contributed by atoms with E-state index in [-0.39, 0.29) is 0 Å². The smallest absolute Gasteiger partial charge is 0.223 e. The Kier molecular flexibility index (Phi) is 3.99. The first-order valence-electron chi connectivity index (χ1n) is 6.45. The first-order valence-corrected chi connectivity index (χ1v) is 6.45. The van der Waals surface area contributed by atoms with E-state index >= 15 is 0 Å². The molecule has 0 aromatic carbocycles. The van der Waals surface area contributed by atoms with Crippen LogP contribution in [0.2, 0.25) is 0 Å². The lowest BCUT2D eigenvalue weighted by atomic mass is 10.2. The Morgan fingerprint density at radius 2 is 2.25 bits per heavy atom. The lowest BCUT2D eigenvalue weighted by Gasteiger charge is -2.25. The number of hydrogen-bond acceptors (Lipinski definition) is 2. The minimum Gasteiger partial charge on any atom is -0.338 e. The van der Waals surface area contributed by atoms with Gasteiger partial charge < -0.3 is 10.2 Å². The molecule has 0 aromatic rings. The summed E-state index contributed by atoms with van der Waals surface area (Å²) in [6, 6.07) is 1.08. The lowest BCUT2D eigenvalue weighted by molar-refractivity contribution is -0.132. The highest BCUT2D eigenvalue weighted by Crippen LogP contribution is 2.28. The Morgan fingerprint density at radius 3 is 2.81 bits per heavy atom. The van der Waals surface area contributed by atoms with Gasteiger partial charge in [-0.25, -0.2) is 0 Å². The monoisotopic (exact) mass is 222 g/mol. The molecule has 0 bridgehead atoms. The third-order valence-corrected chi connectivity index (χ3v) is 3.45. The van der Waals surface area contributed by atoms with Crippen LogP contribution in [0.3, 0.4) is 0 Å². The molecule has 1 amide bonds. The third-order valence-electron chi connectivity index (χ3n) is 3.45. The molecule has 1 aliphatic heterocycles. The average Bonchev–Trinajstić information content (AvgIpc) is 3.00. The van der Waals surface area contributed by atoms with Crippen molar-refractivity contribution in [3.8, 4) is 0 Å². The van der Waals surface area contributed by atoms with Gasteiger partial charge in [-0.1, -0.05) is 6.08 Å². The molecule has 16 heavy (non-hydrogen) atoms. The van der Waals surface area contributed by atoms with Gasteiger partial charge in [0.1, 0.15) is 0 Å².